The van der Waals surface area contributed by atoms with Crippen molar-refractivity contribution in [2.45, 2.75) is 0 Å². The van der Waals surface area contributed by atoms with Gasteiger partial charge in [-0.25, -0.2) is 0 Å². The van der Waals surface area contributed by atoms with Crippen molar-refractivity contribution in [3.05, 3.63) is 181 Å². The van der Waals surface area contributed by atoms with Crippen molar-refractivity contribution < 1.29 is 0 Å². The molecule has 2 heterocycles. The molecule has 0 fully saturated rings. The molecule has 0 atom stereocenters. The SMILES string of the molecule is c1ccc(-c2c3ccccc3c(-c3cccc4c3[se]c3cccc(-c5c6ccccc6c(-c6ccsc6)c6ccccc56)c34)c3ccccc23)cc1. The van der Waals surface area contributed by atoms with Gasteiger partial charge in [0.1, 0.15) is 0 Å². The van der Waals surface area contributed by atoms with E-state index in [2.05, 4.69) is 181 Å². The van der Waals surface area contributed by atoms with Gasteiger partial charge < -0.3 is 0 Å². The first kappa shape index (κ1) is 29.9. The molecule has 9 aromatic carbocycles. The third-order valence-electron chi connectivity index (χ3n) is 10.8. The summed E-state index contributed by atoms with van der Waals surface area (Å²) in [7, 11) is 0. The van der Waals surface area contributed by atoms with E-state index in [1.54, 1.807) is 11.3 Å². The molecular weight excluding hydrogens is 712 g/mol. The van der Waals surface area contributed by atoms with Crippen molar-refractivity contribution in [1.29, 1.82) is 0 Å². The molecule has 0 unspecified atom stereocenters. The van der Waals surface area contributed by atoms with Crippen LogP contribution in [-0.2, 0) is 0 Å². The third-order valence-corrected chi connectivity index (χ3v) is 14.0. The molecule has 0 aliphatic carbocycles. The van der Waals surface area contributed by atoms with Crippen molar-refractivity contribution in [3.8, 4) is 44.5 Å². The van der Waals surface area contributed by atoms with Crippen LogP contribution in [0.1, 0.15) is 0 Å². The van der Waals surface area contributed by atoms with E-state index in [1.165, 1.54) is 107 Å². The second-order valence-corrected chi connectivity index (χ2v) is 16.5. The summed E-state index contributed by atoms with van der Waals surface area (Å²) >= 11 is 1.90. The quantitative estimate of drug-likeness (QED) is 0.124. The second kappa shape index (κ2) is 11.9. The summed E-state index contributed by atoms with van der Waals surface area (Å²) < 4.78 is 2.93. The number of benzene rings is 9. The minimum absolute atomic E-state index is 0.139. The molecular formula is C50H30SSe. The molecule has 0 aliphatic rings. The molecule has 11 aromatic rings. The molecule has 0 aliphatic heterocycles. The maximum atomic E-state index is 2.38. The van der Waals surface area contributed by atoms with Crippen LogP contribution in [0.5, 0.6) is 0 Å². The van der Waals surface area contributed by atoms with Crippen LogP contribution >= 0.6 is 11.3 Å². The van der Waals surface area contributed by atoms with Crippen LogP contribution in [0.25, 0.3) is 107 Å². The Morgan fingerprint density at radius 1 is 0.327 bits per heavy atom. The van der Waals surface area contributed by atoms with Crippen LogP contribution in [0.4, 0.5) is 0 Å². The maximum absolute atomic E-state index is 2.38. The Morgan fingerprint density at radius 3 is 1.31 bits per heavy atom. The van der Waals surface area contributed by atoms with E-state index in [0.717, 1.165) is 0 Å². The number of thiophene rings is 1. The van der Waals surface area contributed by atoms with Gasteiger partial charge in [0.15, 0.2) is 0 Å². The summed E-state index contributed by atoms with van der Waals surface area (Å²) in [5.74, 6) is 0. The van der Waals surface area contributed by atoms with Crippen LogP contribution in [-0.4, -0.2) is 14.5 Å². The average molecular weight is 742 g/mol. The van der Waals surface area contributed by atoms with E-state index in [4.69, 9.17) is 0 Å². The molecule has 242 valence electrons. The molecule has 52 heavy (non-hydrogen) atoms. The fraction of sp³-hybridized carbons (Fsp3) is 0. The number of hydrogen-bond donors (Lipinski definition) is 0. The topological polar surface area (TPSA) is 0 Å². The predicted octanol–water partition coefficient (Wildman–Crippen LogP) is 14.4. The average Bonchev–Trinajstić information content (AvgIpc) is 3.88. The Balaban J connectivity index is 1.25. The molecule has 0 amide bonds. The molecule has 11 rings (SSSR count). The molecule has 0 spiro atoms. The van der Waals surface area contributed by atoms with Gasteiger partial charge in [0, 0.05) is 0 Å². The molecule has 2 heteroatoms. The predicted molar refractivity (Wildman–Crippen MR) is 228 cm³/mol. The van der Waals surface area contributed by atoms with Crippen molar-refractivity contribution in [1.82, 2.24) is 0 Å². The Morgan fingerprint density at radius 2 is 0.769 bits per heavy atom. The van der Waals surface area contributed by atoms with Gasteiger partial charge in [-0.05, 0) is 0 Å². The van der Waals surface area contributed by atoms with E-state index in [1.807, 2.05) is 0 Å². The molecule has 0 saturated heterocycles. The minimum atomic E-state index is 0.139. The fourth-order valence-corrected chi connectivity index (χ4v) is 12.0. The summed E-state index contributed by atoms with van der Waals surface area (Å²) in [4.78, 5) is 0. The van der Waals surface area contributed by atoms with E-state index in [-0.39, 0.29) is 14.5 Å². The molecule has 0 radical (unpaired) electrons. The Bertz CT molecular complexity index is 3050. The summed E-state index contributed by atoms with van der Waals surface area (Å²) in [6, 6.07) is 63.4. The number of hydrogen-bond acceptors (Lipinski definition) is 1. The zero-order chi connectivity index (χ0) is 34.2. The Kier molecular flexibility index (Phi) is 6.85. The van der Waals surface area contributed by atoms with Gasteiger partial charge in [-0.1, -0.05) is 0 Å². The molecule has 2 aromatic heterocycles. The molecule has 0 nitrogen and oxygen atoms in total. The first-order valence-electron chi connectivity index (χ1n) is 17.7. The van der Waals surface area contributed by atoms with E-state index in [9.17, 15) is 0 Å². The van der Waals surface area contributed by atoms with Gasteiger partial charge >= 0.3 is 313 Å². The first-order chi connectivity index (χ1) is 25.8. The second-order valence-electron chi connectivity index (χ2n) is 13.5. The van der Waals surface area contributed by atoms with Gasteiger partial charge in [-0.2, -0.15) is 0 Å². The van der Waals surface area contributed by atoms with Gasteiger partial charge in [0.2, 0.25) is 0 Å². The number of rotatable bonds is 4. The monoisotopic (exact) mass is 742 g/mol. The van der Waals surface area contributed by atoms with E-state index in [0.29, 0.717) is 0 Å². The van der Waals surface area contributed by atoms with Crippen LogP contribution in [0, 0.1) is 0 Å². The normalized spacial score (nSPS) is 11.8. The van der Waals surface area contributed by atoms with Crippen molar-refractivity contribution in [2.75, 3.05) is 0 Å². The summed E-state index contributed by atoms with van der Waals surface area (Å²) in [5, 5.41) is 17.7. The zero-order valence-electron chi connectivity index (χ0n) is 28.1. The first-order valence-corrected chi connectivity index (χ1v) is 20.4. The van der Waals surface area contributed by atoms with E-state index >= 15 is 0 Å². The summed E-state index contributed by atoms with van der Waals surface area (Å²) in [6.45, 7) is 0. The van der Waals surface area contributed by atoms with Crippen molar-refractivity contribution in [3.63, 3.8) is 0 Å². The zero-order valence-corrected chi connectivity index (χ0v) is 30.7. The number of fused-ring (bicyclic) bond motifs is 7. The van der Waals surface area contributed by atoms with Crippen molar-refractivity contribution in [2.24, 2.45) is 0 Å². The Labute approximate surface area is 311 Å². The van der Waals surface area contributed by atoms with Gasteiger partial charge in [-0.15, -0.1) is 0 Å². The molecule has 0 bridgehead atoms. The third kappa shape index (κ3) is 4.39. The van der Waals surface area contributed by atoms with Gasteiger partial charge in [0.05, 0.1) is 0 Å². The molecule has 0 saturated carbocycles. The van der Waals surface area contributed by atoms with Gasteiger partial charge in [-0.3, -0.25) is 0 Å². The van der Waals surface area contributed by atoms with Crippen LogP contribution in [0.15, 0.2) is 181 Å². The fourth-order valence-electron chi connectivity index (χ4n) is 8.72. The Hall–Kier alpha value is -5.76. The summed E-state index contributed by atoms with van der Waals surface area (Å²) in [5.41, 5.74) is 10.5. The van der Waals surface area contributed by atoms with Crippen LogP contribution in [0.3, 0.4) is 0 Å². The van der Waals surface area contributed by atoms with Crippen molar-refractivity contribution >= 4 is 88.2 Å². The van der Waals surface area contributed by atoms with Crippen LogP contribution < -0.4 is 0 Å². The van der Waals surface area contributed by atoms with Crippen LogP contribution in [0.2, 0.25) is 0 Å². The summed E-state index contributed by atoms with van der Waals surface area (Å²) in [6.07, 6.45) is 0. The standard InChI is InChI=1S/C50H30SSe/c1-2-14-31(15-3-1)45-33-16-4-10-22-39(33)48(40-23-11-5-17-34(40)45)42-25-12-26-43-49-41(24-13-27-44(49)52-50(42)43)47-37-20-8-6-18-35(37)46(32-28-29-51-30-32)36-19-7-9-21-38(36)47/h1-30H. The molecule has 0 N–H and O–H groups in total. The van der Waals surface area contributed by atoms with E-state index < -0.39 is 0 Å². The van der Waals surface area contributed by atoms with Gasteiger partial charge in [0.25, 0.3) is 0 Å².